The summed E-state index contributed by atoms with van der Waals surface area (Å²) in [5, 5.41) is 12.0. The monoisotopic (exact) mass is 152 g/mol. The van der Waals surface area contributed by atoms with Gasteiger partial charge >= 0.3 is 0 Å². The molecule has 0 aliphatic carbocycles. The van der Waals surface area contributed by atoms with Crippen LogP contribution in [-0.2, 0) is 0 Å². The average Bonchev–Trinajstić information content (AvgIpc) is 2.05. The van der Waals surface area contributed by atoms with Gasteiger partial charge in [-0.3, -0.25) is 4.98 Å². The summed E-state index contributed by atoms with van der Waals surface area (Å²) in [6.07, 6.45) is 1.45. The van der Waals surface area contributed by atoms with Gasteiger partial charge in [-0.25, -0.2) is 0 Å². The first-order valence-corrected chi connectivity index (χ1v) is 3.56. The maximum atomic E-state index is 8.93. The van der Waals surface area contributed by atoms with E-state index in [-0.39, 0.29) is 11.8 Å². The lowest BCUT2D eigenvalue weighted by atomic mass is 10.2. The summed E-state index contributed by atoms with van der Waals surface area (Å²) in [5.41, 5.74) is 0.935. The third kappa shape index (κ3) is 1.91. The predicted molar refractivity (Wildman–Crippen MR) is 43.4 cm³/mol. The van der Waals surface area contributed by atoms with Crippen molar-refractivity contribution in [3.8, 4) is 5.75 Å². The molecule has 1 atom stereocenters. The van der Waals surface area contributed by atoms with Gasteiger partial charge in [-0.2, -0.15) is 0 Å². The van der Waals surface area contributed by atoms with E-state index in [1.165, 1.54) is 6.20 Å². The van der Waals surface area contributed by atoms with Crippen LogP contribution in [0.3, 0.4) is 0 Å². The van der Waals surface area contributed by atoms with E-state index in [1.54, 1.807) is 12.1 Å². The van der Waals surface area contributed by atoms with Crippen LogP contribution in [0.4, 0.5) is 0 Å². The Hall–Kier alpha value is -1.09. The Labute approximate surface area is 66.1 Å². The minimum absolute atomic E-state index is 0.206. The van der Waals surface area contributed by atoms with Crippen molar-refractivity contribution in [2.75, 3.05) is 7.05 Å². The Morgan fingerprint density at radius 2 is 2.27 bits per heavy atom. The third-order valence-corrected chi connectivity index (χ3v) is 1.65. The van der Waals surface area contributed by atoms with Gasteiger partial charge in [0.25, 0.3) is 0 Å². The van der Waals surface area contributed by atoms with Crippen molar-refractivity contribution < 1.29 is 5.11 Å². The number of aromatic nitrogens is 1. The predicted octanol–water partition coefficient (Wildman–Crippen LogP) is 1.07. The van der Waals surface area contributed by atoms with Gasteiger partial charge in [0.2, 0.25) is 0 Å². The zero-order valence-electron chi connectivity index (χ0n) is 6.70. The molecule has 0 amide bonds. The van der Waals surface area contributed by atoms with Gasteiger partial charge < -0.3 is 10.4 Å². The van der Waals surface area contributed by atoms with Gasteiger partial charge in [0, 0.05) is 6.04 Å². The molecule has 3 nitrogen and oxygen atoms in total. The van der Waals surface area contributed by atoms with Gasteiger partial charge in [-0.05, 0) is 26.1 Å². The van der Waals surface area contributed by atoms with Crippen molar-refractivity contribution in [1.82, 2.24) is 10.3 Å². The molecule has 60 valence electrons. The van der Waals surface area contributed by atoms with Gasteiger partial charge in [0.05, 0.1) is 11.9 Å². The zero-order valence-corrected chi connectivity index (χ0v) is 6.70. The molecule has 0 radical (unpaired) electrons. The fraction of sp³-hybridized carbons (Fsp3) is 0.375. The highest BCUT2D eigenvalue weighted by Crippen LogP contribution is 2.11. The number of aromatic hydroxyl groups is 1. The number of pyridine rings is 1. The van der Waals surface area contributed by atoms with Crippen LogP contribution in [0.15, 0.2) is 18.3 Å². The number of nitrogens with zero attached hydrogens (tertiary/aromatic N) is 1. The number of hydrogen-bond acceptors (Lipinski definition) is 3. The first-order chi connectivity index (χ1) is 5.24. The number of rotatable bonds is 2. The molecule has 0 bridgehead atoms. The van der Waals surface area contributed by atoms with E-state index in [1.807, 2.05) is 14.0 Å². The molecule has 0 saturated carbocycles. The molecule has 1 aromatic rings. The maximum absolute atomic E-state index is 8.93. The quantitative estimate of drug-likeness (QED) is 0.666. The molecule has 11 heavy (non-hydrogen) atoms. The van der Waals surface area contributed by atoms with Crippen LogP contribution in [0.5, 0.6) is 5.75 Å². The second-order valence-electron chi connectivity index (χ2n) is 2.45. The van der Waals surface area contributed by atoms with Crippen LogP contribution in [0, 0.1) is 0 Å². The molecule has 0 saturated heterocycles. The van der Waals surface area contributed by atoms with Crippen molar-refractivity contribution in [2.45, 2.75) is 13.0 Å². The van der Waals surface area contributed by atoms with Crippen LogP contribution in [0.25, 0.3) is 0 Å². The second kappa shape index (κ2) is 3.34. The van der Waals surface area contributed by atoms with Crippen LogP contribution in [-0.4, -0.2) is 17.1 Å². The highest BCUT2D eigenvalue weighted by molar-refractivity contribution is 5.19. The molecule has 0 aromatic carbocycles. The van der Waals surface area contributed by atoms with Gasteiger partial charge in [0.15, 0.2) is 0 Å². The zero-order chi connectivity index (χ0) is 8.27. The molecule has 1 heterocycles. The van der Waals surface area contributed by atoms with E-state index in [0.29, 0.717) is 0 Å². The highest BCUT2D eigenvalue weighted by Gasteiger charge is 2.01. The van der Waals surface area contributed by atoms with Crippen LogP contribution < -0.4 is 5.32 Å². The molecule has 0 aliphatic rings. The third-order valence-electron chi connectivity index (χ3n) is 1.65. The Kier molecular flexibility index (Phi) is 2.44. The summed E-state index contributed by atoms with van der Waals surface area (Å²) in [7, 11) is 1.87. The lowest BCUT2D eigenvalue weighted by Gasteiger charge is -2.08. The summed E-state index contributed by atoms with van der Waals surface area (Å²) >= 11 is 0. The largest absolute Gasteiger partial charge is 0.506 e. The lowest BCUT2D eigenvalue weighted by molar-refractivity contribution is 0.471. The standard InChI is InChI=1S/C8H12N2O/c1-6(9-2)8-4-3-7(11)5-10-8/h3-6,9,11H,1-2H3. The smallest absolute Gasteiger partial charge is 0.133 e. The van der Waals surface area contributed by atoms with Crippen molar-refractivity contribution in [1.29, 1.82) is 0 Å². The minimum atomic E-state index is 0.206. The van der Waals surface area contributed by atoms with E-state index >= 15 is 0 Å². The molecular weight excluding hydrogens is 140 g/mol. The average molecular weight is 152 g/mol. The molecule has 1 rings (SSSR count). The first-order valence-electron chi connectivity index (χ1n) is 3.56. The highest BCUT2D eigenvalue weighted by atomic mass is 16.3. The summed E-state index contributed by atoms with van der Waals surface area (Å²) in [6.45, 7) is 2.01. The van der Waals surface area contributed by atoms with E-state index in [2.05, 4.69) is 10.3 Å². The topological polar surface area (TPSA) is 45.1 Å². The number of hydrogen-bond donors (Lipinski definition) is 2. The van der Waals surface area contributed by atoms with Gasteiger partial charge in [-0.1, -0.05) is 0 Å². The summed E-state index contributed by atoms with van der Waals surface area (Å²) in [4.78, 5) is 4.04. The minimum Gasteiger partial charge on any atom is -0.506 e. The summed E-state index contributed by atoms with van der Waals surface area (Å²) < 4.78 is 0. The summed E-state index contributed by atoms with van der Waals surface area (Å²) in [5.74, 6) is 0.206. The van der Waals surface area contributed by atoms with Crippen molar-refractivity contribution >= 4 is 0 Å². The van der Waals surface area contributed by atoms with E-state index in [4.69, 9.17) is 5.11 Å². The second-order valence-corrected chi connectivity index (χ2v) is 2.45. The molecule has 3 heteroatoms. The fourth-order valence-corrected chi connectivity index (χ4v) is 0.802. The Morgan fingerprint density at radius 1 is 1.55 bits per heavy atom. The maximum Gasteiger partial charge on any atom is 0.133 e. The van der Waals surface area contributed by atoms with E-state index in [0.717, 1.165) is 5.69 Å². The van der Waals surface area contributed by atoms with Crippen LogP contribution in [0.1, 0.15) is 18.7 Å². The molecule has 2 N–H and O–H groups in total. The molecular formula is C8H12N2O. The SMILES string of the molecule is CNC(C)c1ccc(O)cn1. The number of nitrogens with one attached hydrogen (secondary N) is 1. The molecule has 0 fully saturated rings. The van der Waals surface area contributed by atoms with Crippen molar-refractivity contribution in [3.05, 3.63) is 24.0 Å². The van der Waals surface area contributed by atoms with Gasteiger partial charge in [-0.15, -0.1) is 0 Å². The Morgan fingerprint density at radius 3 is 2.73 bits per heavy atom. The Balaban J connectivity index is 2.81. The Bertz CT molecular complexity index is 220. The fourth-order valence-electron chi connectivity index (χ4n) is 0.802. The van der Waals surface area contributed by atoms with E-state index in [9.17, 15) is 0 Å². The van der Waals surface area contributed by atoms with Crippen LogP contribution >= 0.6 is 0 Å². The van der Waals surface area contributed by atoms with Gasteiger partial charge in [0.1, 0.15) is 5.75 Å². The first kappa shape index (κ1) is 8.01. The molecule has 0 aliphatic heterocycles. The lowest BCUT2D eigenvalue weighted by Crippen LogP contribution is -2.13. The molecule has 1 unspecified atom stereocenters. The van der Waals surface area contributed by atoms with E-state index < -0.39 is 0 Å². The van der Waals surface area contributed by atoms with Crippen molar-refractivity contribution in [3.63, 3.8) is 0 Å². The van der Waals surface area contributed by atoms with Crippen molar-refractivity contribution in [2.24, 2.45) is 0 Å². The van der Waals surface area contributed by atoms with Crippen LogP contribution in [0.2, 0.25) is 0 Å². The molecule has 0 spiro atoms. The summed E-state index contributed by atoms with van der Waals surface area (Å²) in [6, 6.07) is 3.67. The molecule has 1 aromatic heterocycles. The normalized spacial score (nSPS) is 12.9.